The number of alkyl halides is 1. The van der Waals surface area contributed by atoms with E-state index >= 15 is 0 Å². The van der Waals surface area contributed by atoms with Gasteiger partial charge >= 0.3 is 0 Å². The van der Waals surface area contributed by atoms with E-state index < -0.39 is 0 Å². The molecule has 18 heavy (non-hydrogen) atoms. The van der Waals surface area contributed by atoms with E-state index in [0.29, 0.717) is 0 Å². The quantitative estimate of drug-likeness (QED) is 0.552. The lowest BCUT2D eigenvalue weighted by Crippen LogP contribution is -1.92. The Morgan fingerprint density at radius 1 is 1.06 bits per heavy atom. The molecule has 3 heteroatoms. The van der Waals surface area contributed by atoms with Crippen molar-refractivity contribution < 1.29 is 4.39 Å². The molecule has 3 aromatic rings. The number of hydrogen-bond acceptors (Lipinski definition) is 1. The molecule has 0 radical (unpaired) electrons. The first-order chi connectivity index (χ1) is 8.75. The van der Waals surface area contributed by atoms with E-state index in [1.165, 1.54) is 16.8 Å². The van der Waals surface area contributed by atoms with Gasteiger partial charge < -0.3 is 0 Å². The maximum atomic E-state index is 13.2. The van der Waals surface area contributed by atoms with Crippen molar-refractivity contribution in [3.8, 4) is 0 Å². The zero-order chi connectivity index (χ0) is 12.5. The second-order valence-corrected chi connectivity index (χ2v) is 5.45. The van der Waals surface area contributed by atoms with Crippen LogP contribution in [0.15, 0.2) is 53.9 Å². The van der Waals surface area contributed by atoms with Crippen molar-refractivity contribution in [2.24, 2.45) is 0 Å². The Hall–Kier alpha value is -1.38. The fraction of sp³-hybridized carbons (Fsp3) is 0.0667. The van der Waals surface area contributed by atoms with Gasteiger partial charge in [-0.15, -0.1) is 22.9 Å². The van der Waals surface area contributed by atoms with Gasteiger partial charge in [0.05, 0.1) is 5.38 Å². The summed E-state index contributed by atoms with van der Waals surface area (Å²) < 4.78 is 14.4. The van der Waals surface area contributed by atoms with E-state index in [2.05, 4.69) is 12.1 Å². The summed E-state index contributed by atoms with van der Waals surface area (Å²) in [7, 11) is 0. The van der Waals surface area contributed by atoms with Gasteiger partial charge in [-0.3, -0.25) is 0 Å². The van der Waals surface area contributed by atoms with Crippen molar-refractivity contribution in [1.82, 2.24) is 0 Å². The number of hydrogen-bond donors (Lipinski definition) is 0. The normalized spacial score (nSPS) is 12.8. The summed E-state index contributed by atoms with van der Waals surface area (Å²) in [5.41, 5.74) is 1.84. The molecule has 1 heterocycles. The molecule has 0 fully saturated rings. The largest absolute Gasteiger partial charge is 0.207 e. The molecule has 2 aromatic carbocycles. The van der Waals surface area contributed by atoms with Crippen LogP contribution in [0.4, 0.5) is 4.39 Å². The Bertz CT molecular complexity index is 690. The monoisotopic (exact) mass is 276 g/mol. The molecule has 0 aliphatic carbocycles. The van der Waals surface area contributed by atoms with Crippen LogP contribution in [0, 0.1) is 5.82 Å². The van der Waals surface area contributed by atoms with Gasteiger partial charge in [0, 0.05) is 4.70 Å². The summed E-state index contributed by atoms with van der Waals surface area (Å²) in [5.74, 6) is -0.252. The standard InChI is InChI=1S/C15H10ClFS/c16-15(10-4-3-5-11(17)8-10)13-9-18-14-7-2-1-6-12(13)14/h1-9,15H. The Morgan fingerprint density at radius 3 is 2.72 bits per heavy atom. The van der Waals surface area contributed by atoms with E-state index in [9.17, 15) is 4.39 Å². The average Bonchev–Trinajstić information content (AvgIpc) is 2.82. The average molecular weight is 277 g/mol. The van der Waals surface area contributed by atoms with Gasteiger partial charge in [-0.1, -0.05) is 30.3 Å². The van der Waals surface area contributed by atoms with E-state index in [0.717, 1.165) is 16.5 Å². The highest BCUT2D eigenvalue weighted by atomic mass is 35.5. The first-order valence-corrected chi connectivity index (χ1v) is 6.93. The molecular formula is C15H10ClFS. The lowest BCUT2D eigenvalue weighted by molar-refractivity contribution is 0.626. The highest BCUT2D eigenvalue weighted by molar-refractivity contribution is 7.17. The van der Waals surface area contributed by atoms with Crippen LogP contribution in [-0.4, -0.2) is 0 Å². The summed E-state index contributed by atoms with van der Waals surface area (Å²) in [5, 5.41) is 2.89. The van der Waals surface area contributed by atoms with Gasteiger partial charge in [0.15, 0.2) is 0 Å². The van der Waals surface area contributed by atoms with Crippen LogP contribution in [0.3, 0.4) is 0 Å². The maximum absolute atomic E-state index is 13.2. The van der Waals surface area contributed by atoms with Gasteiger partial charge in [0.1, 0.15) is 5.82 Å². The van der Waals surface area contributed by atoms with E-state index in [-0.39, 0.29) is 11.2 Å². The van der Waals surface area contributed by atoms with E-state index in [1.807, 2.05) is 23.6 Å². The third-order valence-corrected chi connectivity index (χ3v) is 4.39. The minimum absolute atomic E-state index is 0.252. The third kappa shape index (κ3) is 2.02. The number of thiophene rings is 1. The molecule has 0 nitrogen and oxygen atoms in total. The van der Waals surface area contributed by atoms with Crippen molar-refractivity contribution >= 4 is 33.0 Å². The molecule has 0 N–H and O–H groups in total. The molecule has 90 valence electrons. The minimum Gasteiger partial charge on any atom is -0.207 e. The smallest absolute Gasteiger partial charge is 0.123 e. The highest BCUT2D eigenvalue weighted by Gasteiger charge is 2.15. The van der Waals surface area contributed by atoms with Crippen LogP contribution in [0.2, 0.25) is 0 Å². The van der Waals surface area contributed by atoms with Crippen LogP contribution < -0.4 is 0 Å². The number of rotatable bonds is 2. The molecule has 1 aromatic heterocycles. The first kappa shape index (κ1) is 11.7. The molecule has 0 spiro atoms. The molecule has 1 atom stereocenters. The second kappa shape index (κ2) is 4.71. The summed E-state index contributed by atoms with van der Waals surface area (Å²) >= 11 is 8.13. The Labute approximate surface area is 114 Å². The first-order valence-electron chi connectivity index (χ1n) is 5.61. The molecule has 0 aliphatic rings. The van der Waals surface area contributed by atoms with E-state index in [1.54, 1.807) is 17.4 Å². The molecule has 0 saturated carbocycles. The van der Waals surface area contributed by atoms with Crippen LogP contribution in [-0.2, 0) is 0 Å². The van der Waals surface area contributed by atoms with Gasteiger partial charge in [-0.25, -0.2) is 4.39 Å². The van der Waals surface area contributed by atoms with Crippen molar-refractivity contribution in [2.45, 2.75) is 5.38 Å². The lowest BCUT2D eigenvalue weighted by Gasteiger charge is -2.09. The van der Waals surface area contributed by atoms with Gasteiger partial charge in [0.2, 0.25) is 0 Å². The maximum Gasteiger partial charge on any atom is 0.123 e. The zero-order valence-corrected chi connectivity index (χ0v) is 11.0. The SMILES string of the molecule is Fc1cccc(C(Cl)c2csc3ccccc23)c1. The lowest BCUT2D eigenvalue weighted by atomic mass is 10.0. The molecule has 3 rings (SSSR count). The van der Waals surface area contributed by atoms with Crippen molar-refractivity contribution in [3.05, 3.63) is 70.9 Å². The molecule has 0 saturated heterocycles. The predicted molar refractivity (Wildman–Crippen MR) is 75.9 cm³/mol. The fourth-order valence-corrected chi connectivity index (χ4v) is 3.42. The van der Waals surface area contributed by atoms with Crippen molar-refractivity contribution in [1.29, 1.82) is 0 Å². The van der Waals surface area contributed by atoms with Crippen LogP contribution in [0.1, 0.15) is 16.5 Å². The van der Waals surface area contributed by atoms with Gasteiger partial charge in [-0.2, -0.15) is 0 Å². The summed E-state index contributed by atoms with van der Waals surface area (Å²) in [6.07, 6.45) is 0. The molecule has 0 bridgehead atoms. The Kier molecular flexibility index (Phi) is 3.06. The topological polar surface area (TPSA) is 0 Å². The second-order valence-electron chi connectivity index (χ2n) is 4.10. The Balaban J connectivity index is 2.09. The zero-order valence-electron chi connectivity index (χ0n) is 9.44. The minimum atomic E-state index is -0.308. The summed E-state index contributed by atoms with van der Waals surface area (Å²) in [6, 6.07) is 14.6. The molecular weight excluding hydrogens is 267 g/mol. The number of benzene rings is 2. The van der Waals surface area contributed by atoms with Crippen LogP contribution in [0.5, 0.6) is 0 Å². The van der Waals surface area contributed by atoms with Crippen LogP contribution in [0.25, 0.3) is 10.1 Å². The molecule has 0 amide bonds. The highest BCUT2D eigenvalue weighted by Crippen LogP contribution is 2.37. The summed E-state index contributed by atoms with van der Waals surface area (Å²) in [4.78, 5) is 0. The van der Waals surface area contributed by atoms with Crippen molar-refractivity contribution in [2.75, 3.05) is 0 Å². The molecule has 1 unspecified atom stereocenters. The van der Waals surface area contributed by atoms with Gasteiger partial charge in [-0.05, 0) is 40.1 Å². The predicted octanol–water partition coefficient (Wildman–Crippen LogP) is 5.37. The number of fused-ring (bicyclic) bond motifs is 1. The fourth-order valence-electron chi connectivity index (χ4n) is 2.04. The number of halogens is 2. The third-order valence-electron chi connectivity index (χ3n) is 2.93. The molecule has 0 aliphatic heterocycles. The van der Waals surface area contributed by atoms with Crippen LogP contribution >= 0.6 is 22.9 Å². The Morgan fingerprint density at radius 2 is 1.89 bits per heavy atom. The van der Waals surface area contributed by atoms with Gasteiger partial charge in [0.25, 0.3) is 0 Å². The van der Waals surface area contributed by atoms with E-state index in [4.69, 9.17) is 11.6 Å². The van der Waals surface area contributed by atoms with Crippen molar-refractivity contribution in [3.63, 3.8) is 0 Å². The summed E-state index contributed by atoms with van der Waals surface area (Å²) in [6.45, 7) is 0.